The highest BCUT2D eigenvalue weighted by Gasteiger charge is 2.10. The number of pyridine rings is 1. The average molecular weight is 302 g/mol. The third-order valence-corrected chi connectivity index (χ3v) is 3.45. The van der Waals surface area contributed by atoms with Gasteiger partial charge in [0.25, 0.3) is 10.2 Å². The van der Waals surface area contributed by atoms with Crippen LogP contribution in [0, 0.1) is 0 Å². The van der Waals surface area contributed by atoms with Crippen LogP contribution in [0.25, 0.3) is 0 Å². The molecule has 112 valence electrons. The molecule has 4 N–H and O–H groups in total. The number of carboxylic acids is 1. The SMILES string of the molecule is CC(C)NS(=O)(=O)NCCNc1cccc(C(=O)O)n1. The molecule has 0 aliphatic heterocycles. The number of hydrogen-bond acceptors (Lipinski definition) is 5. The second kappa shape index (κ2) is 7.17. The summed E-state index contributed by atoms with van der Waals surface area (Å²) in [6.07, 6.45) is 0. The molecule has 0 aliphatic carbocycles. The van der Waals surface area contributed by atoms with E-state index in [-0.39, 0.29) is 24.8 Å². The van der Waals surface area contributed by atoms with Gasteiger partial charge in [0.15, 0.2) is 5.69 Å². The molecule has 0 saturated heterocycles. The van der Waals surface area contributed by atoms with Crippen LogP contribution in [0.3, 0.4) is 0 Å². The Kier molecular flexibility index (Phi) is 5.86. The first-order valence-electron chi connectivity index (χ1n) is 6.01. The first-order chi connectivity index (χ1) is 9.30. The van der Waals surface area contributed by atoms with Gasteiger partial charge >= 0.3 is 5.97 Å². The maximum atomic E-state index is 11.5. The number of nitrogens with zero attached hydrogens (tertiary/aromatic N) is 1. The van der Waals surface area contributed by atoms with Gasteiger partial charge in [0, 0.05) is 19.1 Å². The van der Waals surface area contributed by atoms with Gasteiger partial charge < -0.3 is 10.4 Å². The third-order valence-electron chi connectivity index (χ3n) is 2.08. The summed E-state index contributed by atoms with van der Waals surface area (Å²) in [5.41, 5.74) is -0.0722. The predicted octanol–water partition coefficient (Wildman–Crippen LogP) is 0.0241. The van der Waals surface area contributed by atoms with Crippen molar-refractivity contribution in [3.8, 4) is 0 Å². The second-order valence-corrected chi connectivity index (χ2v) is 5.84. The third kappa shape index (κ3) is 5.95. The molecule has 0 aromatic carbocycles. The summed E-state index contributed by atoms with van der Waals surface area (Å²) in [5, 5.41) is 11.6. The number of nitrogens with one attached hydrogen (secondary N) is 3. The first-order valence-corrected chi connectivity index (χ1v) is 7.49. The van der Waals surface area contributed by atoms with Crippen LogP contribution < -0.4 is 14.8 Å². The molecular weight excluding hydrogens is 284 g/mol. The highest BCUT2D eigenvalue weighted by molar-refractivity contribution is 7.87. The van der Waals surface area contributed by atoms with Crippen LogP contribution in [-0.4, -0.2) is 43.6 Å². The Labute approximate surface area is 117 Å². The summed E-state index contributed by atoms with van der Waals surface area (Å²) in [5.74, 6) is -0.739. The number of carbonyl (C=O) groups is 1. The van der Waals surface area contributed by atoms with E-state index < -0.39 is 16.2 Å². The highest BCUT2D eigenvalue weighted by atomic mass is 32.2. The van der Waals surface area contributed by atoms with Crippen molar-refractivity contribution in [2.75, 3.05) is 18.4 Å². The van der Waals surface area contributed by atoms with Gasteiger partial charge in [-0.1, -0.05) is 6.07 Å². The molecule has 0 unspecified atom stereocenters. The summed E-state index contributed by atoms with van der Waals surface area (Å²) in [6, 6.07) is 4.36. The zero-order valence-electron chi connectivity index (χ0n) is 11.3. The van der Waals surface area contributed by atoms with Gasteiger partial charge in [-0.2, -0.15) is 13.1 Å². The lowest BCUT2D eigenvalue weighted by Gasteiger charge is -2.11. The standard InChI is InChI=1S/C11H18N4O4S/c1-8(2)15-20(18,19)13-7-6-12-10-5-3-4-9(14-10)11(16)17/h3-5,8,13,15H,6-7H2,1-2H3,(H,12,14)(H,16,17). The molecule has 0 radical (unpaired) electrons. The summed E-state index contributed by atoms with van der Waals surface area (Å²) < 4.78 is 27.6. The molecule has 0 bridgehead atoms. The Morgan fingerprint density at radius 1 is 1.35 bits per heavy atom. The van der Waals surface area contributed by atoms with Crippen LogP contribution in [0.4, 0.5) is 5.82 Å². The Hall–Kier alpha value is -1.71. The number of rotatable bonds is 8. The molecule has 20 heavy (non-hydrogen) atoms. The zero-order valence-corrected chi connectivity index (χ0v) is 12.1. The monoisotopic (exact) mass is 302 g/mol. The van der Waals surface area contributed by atoms with E-state index in [1.807, 2.05) is 0 Å². The molecular formula is C11H18N4O4S. The largest absolute Gasteiger partial charge is 0.477 e. The lowest BCUT2D eigenvalue weighted by atomic mass is 10.3. The number of aromatic carboxylic acids is 1. The average Bonchev–Trinajstić information content (AvgIpc) is 2.33. The Balaban J connectivity index is 2.42. The van der Waals surface area contributed by atoms with E-state index in [1.165, 1.54) is 6.07 Å². The topological polar surface area (TPSA) is 120 Å². The number of anilines is 1. The van der Waals surface area contributed by atoms with Gasteiger partial charge in [-0.15, -0.1) is 0 Å². The lowest BCUT2D eigenvalue weighted by Crippen LogP contribution is -2.41. The summed E-state index contributed by atoms with van der Waals surface area (Å²) in [6.45, 7) is 3.88. The number of carboxylic acid groups (broad SMARTS) is 1. The Bertz CT molecular complexity index is 559. The first kappa shape index (κ1) is 16.3. The van der Waals surface area contributed by atoms with Crippen molar-refractivity contribution >= 4 is 22.0 Å². The molecule has 1 aromatic heterocycles. The van der Waals surface area contributed by atoms with Crippen LogP contribution in [-0.2, 0) is 10.2 Å². The van der Waals surface area contributed by atoms with Gasteiger partial charge in [0.1, 0.15) is 5.82 Å². The van der Waals surface area contributed by atoms with Crippen molar-refractivity contribution in [2.45, 2.75) is 19.9 Å². The van der Waals surface area contributed by atoms with E-state index in [2.05, 4.69) is 19.7 Å². The minimum absolute atomic E-state index is 0.0722. The summed E-state index contributed by atoms with van der Waals surface area (Å²) >= 11 is 0. The maximum absolute atomic E-state index is 11.5. The number of hydrogen-bond donors (Lipinski definition) is 4. The minimum Gasteiger partial charge on any atom is -0.477 e. The van der Waals surface area contributed by atoms with E-state index in [1.54, 1.807) is 26.0 Å². The lowest BCUT2D eigenvalue weighted by molar-refractivity contribution is 0.0690. The smallest absolute Gasteiger partial charge is 0.354 e. The quantitative estimate of drug-likeness (QED) is 0.503. The molecule has 0 aliphatic rings. The molecule has 1 heterocycles. The number of aromatic nitrogens is 1. The fraction of sp³-hybridized carbons (Fsp3) is 0.455. The summed E-state index contributed by atoms with van der Waals surface area (Å²) in [7, 11) is -3.51. The zero-order chi connectivity index (χ0) is 15.2. The van der Waals surface area contributed by atoms with Gasteiger partial charge in [0.2, 0.25) is 0 Å². The van der Waals surface area contributed by atoms with Crippen LogP contribution in [0.15, 0.2) is 18.2 Å². The van der Waals surface area contributed by atoms with E-state index >= 15 is 0 Å². The van der Waals surface area contributed by atoms with Crippen LogP contribution in [0.5, 0.6) is 0 Å². The predicted molar refractivity (Wildman–Crippen MR) is 74.9 cm³/mol. The highest BCUT2D eigenvalue weighted by Crippen LogP contribution is 2.04. The van der Waals surface area contributed by atoms with Crippen LogP contribution in [0.1, 0.15) is 24.3 Å². The van der Waals surface area contributed by atoms with E-state index in [0.717, 1.165) is 0 Å². The van der Waals surface area contributed by atoms with Crippen molar-refractivity contribution in [3.05, 3.63) is 23.9 Å². The van der Waals surface area contributed by atoms with Crippen molar-refractivity contribution in [2.24, 2.45) is 0 Å². The molecule has 1 aromatic rings. The van der Waals surface area contributed by atoms with Crippen molar-refractivity contribution < 1.29 is 18.3 Å². The molecule has 0 atom stereocenters. The van der Waals surface area contributed by atoms with Gasteiger partial charge in [-0.25, -0.2) is 14.5 Å². The van der Waals surface area contributed by atoms with Crippen LogP contribution in [0.2, 0.25) is 0 Å². The molecule has 9 heteroatoms. The van der Waals surface area contributed by atoms with Crippen molar-refractivity contribution in [1.29, 1.82) is 0 Å². The Morgan fingerprint density at radius 3 is 2.65 bits per heavy atom. The molecule has 0 fully saturated rings. The normalized spacial score (nSPS) is 11.6. The van der Waals surface area contributed by atoms with E-state index in [0.29, 0.717) is 5.82 Å². The second-order valence-electron chi connectivity index (χ2n) is 4.31. The fourth-order valence-electron chi connectivity index (χ4n) is 1.38. The molecule has 0 spiro atoms. The molecule has 8 nitrogen and oxygen atoms in total. The Morgan fingerprint density at radius 2 is 2.05 bits per heavy atom. The van der Waals surface area contributed by atoms with Gasteiger partial charge in [-0.3, -0.25) is 0 Å². The fourth-order valence-corrected chi connectivity index (χ4v) is 2.45. The van der Waals surface area contributed by atoms with Crippen molar-refractivity contribution in [3.63, 3.8) is 0 Å². The van der Waals surface area contributed by atoms with Crippen molar-refractivity contribution in [1.82, 2.24) is 14.4 Å². The van der Waals surface area contributed by atoms with E-state index in [9.17, 15) is 13.2 Å². The molecule has 0 amide bonds. The summed E-state index contributed by atoms with van der Waals surface area (Å²) in [4.78, 5) is 14.6. The maximum Gasteiger partial charge on any atom is 0.354 e. The molecule has 1 rings (SSSR count). The van der Waals surface area contributed by atoms with Gasteiger partial charge in [0.05, 0.1) is 0 Å². The van der Waals surface area contributed by atoms with Crippen LogP contribution >= 0.6 is 0 Å². The molecule has 0 saturated carbocycles. The van der Waals surface area contributed by atoms with Gasteiger partial charge in [-0.05, 0) is 26.0 Å². The van der Waals surface area contributed by atoms with E-state index in [4.69, 9.17) is 5.11 Å². The minimum atomic E-state index is -3.51.